The first-order valence-electron chi connectivity index (χ1n) is 13.4. The lowest BCUT2D eigenvalue weighted by molar-refractivity contribution is 0.0937. The zero-order chi connectivity index (χ0) is 26.7. The third-order valence-corrected chi connectivity index (χ3v) is 7.01. The maximum absolute atomic E-state index is 13.2. The fourth-order valence-electron chi connectivity index (χ4n) is 4.92. The van der Waals surface area contributed by atoms with Crippen molar-refractivity contribution in [3.05, 3.63) is 89.5 Å². The summed E-state index contributed by atoms with van der Waals surface area (Å²) in [5, 5.41) is 8.70. The van der Waals surface area contributed by atoms with Gasteiger partial charge < -0.3 is 25.6 Å². The molecule has 38 heavy (non-hydrogen) atoms. The molecule has 1 aliphatic heterocycles. The van der Waals surface area contributed by atoms with Crippen LogP contribution in [0.4, 0.5) is 21.9 Å². The second-order valence-electron chi connectivity index (χ2n) is 9.73. The highest BCUT2D eigenvalue weighted by atomic mass is 16.5. The van der Waals surface area contributed by atoms with Gasteiger partial charge in [0.2, 0.25) is 0 Å². The van der Waals surface area contributed by atoms with Crippen LogP contribution in [0.15, 0.2) is 72.8 Å². The Hall–Kier alpha value is -3.84. The van der Waals surface area contributed by atoms with Gasteiger partial charge in [0, 0.05) is 43.8 Å². The molecule has 1 heterocycles. The standard InChI is InChI=1S/C31H38N4O3/c1-3-23-10-7-11-26(21-23)33-31(37)34-27-12-13-29(28(22-27)30(36)32-16-19-38-2)35-17-14-25(15-18-35)20-24-8-5-4-6-9-24/h4-13,21-22,25H,3,14-20H2,1-2H3,(H,32,36)(H2,33,34,37). The van der Waals surface area contributed by atoms with E-state index >= 15 is 0 Å². The van der Waals surface area contributed by atoms with Gasteiger partial charge in [-0.2, -0.15) is 0 Å². The molecule has 7 nitrogen and oxygen atoms in total. The minimum absolute atomic E-state index is 0.178. The van der Waals surface area contributed by atoms with Gasteiger partial charge >= 0.3 is 6.03 Å². The molecule has 0 unspecified atom stereocenters. The number of urea groups is 1. The number of amides is 3. The lowest BCUT2D eigenvalue weighted by Crippen LogP contribution is -2.36. The molecule has 0 spiro atoms. The zero-order valence-corrected chi connectivity index (χ0v) is 22.3. The first kappa shape index (κ1) is 27.2. The van der Waals surface area contributed by atoms with Gasteiger partial charge in [0.05, 0.1) is 12.2 Å². The normalized spacial score (nSPS) is 13.7. The predicted molar refractivity (Wildman–Crippen MR) is 154 cm³/mol. The lowest BCUT2D eigenvalue weighted by atomic mass is 9.89. The summed E-state index contributed by atoms with van der Waals surface area (Å²) in [7, 11) is 1.61. The van der Waals surface area contributed by atoms with E-state index < -0.39 is 0 Å². The zero-order valence-electron chi connectivity index (χ0n) is 22.3. The van der Waals surface area contributed by atoms with E-state index in [-0.39, 0.29) is 11.9 Å². The van der Waals surface area contributed by atoms with E-state index in [0.29, 0.717) is 30.3 Å². The van der Waals surface area contributed by atoms with Crippen molar-refractivity contribution < 1.29 is 14.3 Å². The molecule has 4 rings (SSSR count). The van der Waals surface area contributed by atoms with E-state index in [1.807, 2.05) is 36.4 Å². The summed E-state index contributed by atoms with van der Waals surface area (Å²) in [6.07, 6.45) is 4.11. The molecule has 200 valence electrons. The van der Waals surface area contributed by atoms with Crippen LogP contribution < -0.4 is 20.9 Å². The Labute approximate surface area is 225 Å². The number of hydrogen-bond donors (Lipinski definition) is 3. The second-order valence-corrected chi connectivity index (χ2v) is 9.73. The average Bonchev–Trinajstić information content (AvgIpc) is 2.94. The maximum Gasteiger partial charge on any atom is 0.323 e. The maximum atomic E-state index is 13.2. The van der Waals surface area contributed by atoms with Gasteiger partial charge in [0.1, 0.15) is 0 Å². The van der Waals surface area contributed by atoms with Crippen LogP contribution in [0.3, 0.4) is 0 Å². The van der Waals surface area contributed by atoms with Crippen molar-refractivity contribution in [2.75, 3.05) is 48.9 Å². The van der Waals surface area contributed by atoms with Crippen molar-refractivity contribution in [3.8, 4) is 0 Å². The summed E-state index contributed by atoms with van der Waals surface area (Å²) in [4.78, 5) is 28.1. The second kappa shape index (κ2) is 13.6. The molecule has 0 bridgehead atoms. The molecule has 0 atom stereocenters. The van der Waals surface area contributed by atoms with E-state index in [2.05, 4.69) is 58.1 Å². The third kappa shape index (κ3) is 7.59. The Morgan fingerprint density at radius 1 is 0.895 bits per heavy atom. The number of benzene rings is 3. The summed E-state index contributed by atoms with van der Waals surface area (Å²) in [6.45, 7) is 4.70. The monoisotopic (exact) mass is 514 g/mol. The largest absolute Gasteiger partial charge is 0.383 e. The average molecular weight is 515 g/mol. The van der Waals surface area contributed by atoms with E-state index in [0.717, 1.165) is 55.7 Å². The predicted octanol–water partition coefficient (Wildman–Crippen LogP) is 5.73. The molecule has 1 aliphatic rings. The van der Waals surface area contributed by atoms with E-state index in [1.54, 1.807) is 13.2 Å². The Morgan fingerprint density at radius 2 is 1.61 bits per heavy atom. The van der Waals surface area contributed by atoms with Crippen molar-refractivity contribution in [3.63, 3.8) is 0 Å². The quantitative estimate of drug-likeness (QED) is 0.302. The van der Waals surface area contributed by atoms with Crippen molar-refractivity contribution in [1.29, 1.82) is 0 Å². The lowest BCUT2D eigenvalue weighted by Gasteiger charge is -2.35. The number of piperidine rings is 1. The number of nitrogens with one attached hydrogen (secondary N) is 3. The molecule has 0 saturated carbocycles. The van der Waals surface area contributed by atoms with Gasteiger partial charge in [-0.3, -0.25) is 4.79 Å². The fraction of sp³-hybridized carbons (Fsp3) is 0.355. The van der Waals surface area contributed by atoms with Crippen LogP contribution in [-0.4, -0.2) is 45.3 Å². The molecule has 3 aromatic carbocycles. The molecule has 0 aromatic heterocycles. The van der Waals surface area contributed by atoms with Gasteiger partial charge in [0.15, 0.2) is 0 Å². The summed E-state index contributed by atoms with van der Waals surface area (Å²) < 4.78 is 5.09. The minimum Gasteiger partial charge on any atom is -0.383 e. The summed E-state index contributed by atoms with van der Waals surface area (Å²) >= 11 is 0. The summed E-state index contributed by atoms with van der Waals surface area (Å²) in [5.41, 5.74) is 5.25. The Morgan fingerprint density at radius 3 is 2.32 bits per heavy atom. The summed E-state index contributed by atoms with van der Waals surface area (Å²) in [6, 6.07) is 23.6. The topological polar surface area (TPSA) is 82.7 Å². The number of nitrogens with zero attached hydrogens (tertiary/aromatic N) is 1. The first-order valence-corrected chi connectivity index (χ1v) is 13.4. The number of carbonyl (C=O) groups is 2. The molecule has 3 aromatic rings. The van der Waals surface area contributed by atoms with E-state index in [1.165, 1.54) is 5.56 Å². The van der Waals surface area contributed by atoms with Crippen LogP contribution >= 0.6 is 0 Å². The van der Waals surface area contributed by atoms with Gasteiger partial charge in [-0.1, -0.05) is 49.4 Å². The third-order valence-electron chi connectivity index (χ3n) is 7.01. The first-order chi connectivity index (χ1) is 18.6. The number of anilines is 3. The highest BCUT2D eigenvalue weighted by Gasteiger charge is 2.24. The number of rotatable bonds is 10. The molecule has 7 heteroatoms. The molecule has 3 N–H and O–H groups in total. The minimum atomic E-state index is -0.349. The van der Waals surface area contributed by atoms with Crippen molar-refractivity contribution in [2.24, 2.45) is 5.92 Å². The van der Waals surface area contributed by atoms with Crippen LogP contribution in [0, 0.1) is 5.92 Å². The molecule has 0 radical (unpaired) electrons. The number of carbonyl (C=O) groups excluding carboxylic acids is 2. The number of hydrogen-bond acceptors (Lipinski definition) is 4. The van der Waals surface area contributed by atoms with E-state index in [9.17, 15) is 9.59 Å². The van der Waals surface area contributed by atoms with Gasteiger partial charge in [0.25, 0.3) is 5.91 Å². The number of aryl methyl sites for hydroxylation is 1. The van der Waals surface area contributed by atoms with Crippen molar-refractivity contribution in [2.45, 2.75) is 32.6 Å². The Kier molecular flexibility index (Phi) is 9.76. The van der Waals surface area contributed by atoms with Crippen molar-refractivity contribution in [1.82, 2.24) is 5.32 Å². The fourth-order valence-corrected chi connectivity index (χ4v) is 4.92. The molecule has 1 fully saturated rings. The van der Waals surface area contributed by atoms with Gasteiger partial charge in [-0.15, -0.1) is 0 Å². The smallest absolute Gasteiger partial charge is 0.323 e. The van der Waals surface area contributed by atoms with Crippen LogP contribution in [-0.2, 0) is 17.6 Å². The van der Waals surface area contributed by atoms with Crippen LogP contribution in [0.25, 0.3) is 0 Å². The molecule has 3 amide bonds. The summed E-state index contributed by atoms with van der Waals surface area (Å²) in [5.74, 6) is 0.451. The Bertz CT molecular complexity index is 1210. The molecule has 1 saturated heterocycles. The molecular weight excluding hydrogens is 476 g/mol. The SMILES string of the molecule is CCc1cccc(NC(=O)Nc2ccc(N3CCC(Cc4ccccc4)CC3)c(C(=O)NCCOC)c2)c1. The Balaban J connectivity index is 1.45. The van der Waals surface area contributed by atoms with Crippen molar-refractivity contribution >= 4 is 29.0 Å². The van der Waals surface area contributed by atoms with Gasteiger partial charge in [-0.05, 0) is 73.1 Å². The number of methoxy groups -OCH3 is 1. The molecule has 0 aliphatic carbocycles. The van der Waals surface area contributed by atoms with E-state index in [4.69, 9.17) is 4.74 Å². The van der Waals surface area contributed by atoms with Gasteiger partial charge in [-0.25, -0.2) is 4.79 Å². The van der Waals surface area contributed by atoms with Crippen LogP contribution in [0.1, 0.15) is 41.3 Å². The van der Waals surface area contributed by atoms with Crippen LogP contribution in [0.5, 0.6) is 0 Å². The number of ether oxygens (including phenoxy) is 1. The highest BCUT2D eigenvalue weighted by molar-refractivity contribution is 6.04. The molecular formula is C31H38N4O3. The van der Waals surface area contributed by atoms with Crippen LogP contribution in [0.2, 0.25) is 0 Å². The highest BCUT2D eigenvalue weighted by Crippen LogP contribution is 2.30.